The summed E-state index contributed by atoms with van der Waals surface area (Å²) in [6.45, 7) is 5.85. The second-order valence-electron chi connectivity index (χ2n) is 3.23. The Labute approximate surface area is 91.4 Å². The number of amides is 1. The van der Waals surface area contributed by atoms with Crippen LogP contribution in [-0.2, 0) is 4.79 Å². The van der Waals surface area contributed by atoms with E-state index in [4.69, 9.17) is 0 Å². The van der Waals surface area contributed by atoms with Crippen molar-refractivity contribution < 1.29 is 4.79 Å². The molecule has 0 aromatic heterocycles. The highest BCUT2D eigenvalue weighted by Crippen LogP contribution is 2.00. The lowest BCUT2D eigenvalue weighted by Gasteiger charge is -2.15. The molecule has 0 rings (SSSR count). The molecule has 3 nitrogen and oxygen atoms in total. The first kappa shape index (κ1) is 13.8. The predicted octanol–water partition coefficient (Wildman–Crippen LogP) is 1.24. The number of nitrogens with one attached hydrogen (secondary N) is 2. The average molecular weight is 218 g/mol. The Balaban J connectivity index is 3.56. The Morgan fingerprint density at radius 3 is 2.64 bits per heavy atom. The van der Waals surface area contributed by atoms with E-state index in [0.29, 0.717) is 12.5 Å². The van der Waals surface area contributed by atoms with Crippen LogP contribution in [-0.4, -0.2) is 37.0 Å². The van der Waals surface area contributed by atoms with Gasteiger partial charge in [0.1, 0.15) is 0 Å². The molecule has 0 bridgehead atoms. The molecule has 0 spiro atoms. The van der Waals surface area contributed by atoms with E-state index in [1.807, 2.05) is 6.92 Å². The van der Waals surface area contributed by atoms with Crippen molar-refractivity contribution in [3.63, 3.8) is 0 Å². The third kappa shape index (κ3) is 7.21. The normalized spacial score (nSPS) is 12.5. The smallest absolute Gasteiger partial charge is 0.221 e. The number of rotatable bonds is 8. The summed E-state index contributed by atoms with van der Waals surface area (Å²) < 4.78 is 0. The quantitative estimate of drug-likeness (QED) is 0.602. The van der Waals surface area contributed by atoms with E-state index in [1.54, 1.807) is 11.8 Å². The van der Waals surface area contributed by atoms with E-state index in [0.717, 1.165) is 25.3 Å². The molecule has 2 N–H and O–H groups in total. The van der Waals surface area contributed by atoms with Gasteiger partial charge < -0.3 is 10.6 Å². The maximum Gasteiger partial charge on any atom is 0.221 e. The summed E-state index contributed by atoms with van der Waals surface area (Å²) in [6.07, 6.45) is 3.65. The summed E-state index contributed by atoms with van der Waals surface area (Å²) in [6, 6.07) is 0.333. The zero-order valence-electron chi connectivity index (χ0n) is 9.43. The van der Waals surface area contributed by atoms with Crippen LogP contribution in [0.3, 0.4) is 0 Å². The van der Waals surface area contributed by atoms with Crippen LogP contribution in [0.4, 0.5) is 0 Å². The van der Waals surface area contributed by atoms with Crippen molar-refractivity contribution >= 4 is 17.7 Å². The highest BCUT2D eigenvalue weighted by atomic mass is 32.2. The summed E-state index contributed by atoms with van der Waals surface area (Å²) in [5.74, 6) is 1.16. The zero-order chi connectivity index (χ0) is 10.8. The molecule has 84 valence electrons. The number of thioether (sulfide) groups is 1. The van der Waals surface area contributed by atoms with Crippen LogP contribution in [0.15, 0.2) is 0 Å². The van der Waals surface area contributed by atoms with Crippen LogP contribution < -0.4 is 10.6 Å². The molecular weight excluding hydrogens is 196 g/mol. The summed E-state index contributed by atoms with van der Waals surface area (Å²) >= 11 is 1.77. The molecule has 0 aliphatic rings. The Morgan fingerprint density at radius 1 is 1.43 bits per heavy atom. The summed E-state index contributed by atoms with van der Waals surface area (Å²) in [5, 5.41) is 6.16. The van der Waals surface area contributed by atoms with Crippen molar-refractivity contribution in [1.82, 2.24) is 10.6 Å². The molecule has 0 aromatic carbocycles. The molecule has 0 aliphatic heterocycles. The lowest BCUT2D eigenvalue weighted by molar-refractivity contribution is -0.121. The minimum atomic E-state index is 0.159. The summed E-state index contributed by atoms with van der Waals surface area (Å²) in [5.41, 5.74) is 0. The summed E-state index contributed by atoms with van der Waals surface area (Å²) in [4.78, 5) is 11.4. The number of hydrogen-bond acceptors (Lipinski definition) is 3. The van der Waals surface area contributed by atoms with Crippen molar-refractivity contribution in [2.75, 3.05) is 25.1 Å². The van der Waals surface area contributed by atoms with Gasteiger partial charge in [-0.2, -0.15) is 11.8 Å². The number of carbonyl (C=O) groups excluding carboxylic acids is 1. The second kappa shape index (κ2) is 9.34. The second-order valence-corrected chi connectivity index (χ2v) is 4.14. The van der Waals surface area contributed by atoms with Gasteiger partial charge in [-0.25, -0.2) is 0 Å². The van der Waals surface area contributed by atoms with Crippen molar-refractivity contribution in [2.24, 2.45) is 0 Å². The fraction of sp³-hybridized carbons (Fsp3) is 0.900. The Bertz CT molecular complexity index is 153. The molecule has 0 aliphatic carbocycles. The van der Waals surface area contributed by atoms with E-state index in [2.05, 4.69) is 23.8 Å². The maximum atomic E-state index is 11.4. The third-order valence-corrected chi connectivity index (χ3v) is 2.74. The average Bonchev–Trinajstić information content (AvgIpc) is 2.17. The molecule has 0 fully saturated rings. The molecule has 0 aromatic rings. The predicted molar refractivity (Wildman–Crippen MR) is 63.8 cm³/mol. The fourth-order valence-electron chi connectivity index (χ4n) is 1.14. The minimum Gasteiger partial charge on any atom is -0.353 e. The highest BCUT2D eigenvalue weighted by Gasteiger charge is 2.08. The molecule has 14 heavy (non-hydrogen) atoms. The van der Waals surface area contributed by atoms with Gasteiger partial charge in [0.15, 0.2) is 0 Å². The first-order chi connectivity index (χ1) is 6.74. The van der Waals surface area contributed by atoms with E-state index >= 15 is 0 Å². The van der Waals surface area contributed by atoms with Gasteiger partial charge in [0.2, 0.25) is 5.91 Å². The van der Waals surface area contributed by atoms with Gasteiger partial charge >= 0.3 is 0 Å². The van der Waals surface area contributed by atoms with Gasteiger partial charge in [-0.1, -0.05) is 13.8 Å². The molecule has 0 saturated carbocycles. The zero-order valence-corrected chi connectivity index (χ0v) is 10.2. The monoisotopic (exact) mass is 218 g/mol. The van der Waals surface area contributed by atoms with E-state index in [9.17, 15) is 4.79 Å². The van der Waals surface area contributed by atoms with Crippen LogP contribution in [0.25, 0.3) is 0 Å². The molecular formula is C10H22N2OS. The van der Waals surface area contributed by atoms with Gasteiger partial charge in [-0.05, 0) is 19.2 Å². The van der Waals surface area contributed by atoms with Crippen LogP contribution in [0.2, 0.25) is 0 Å². The van der Waals surface area contributed by atoms with E-state index < -0.39 is 0 Å². The van der Waals surface area contributed by atoms with Crippen molar-refractivity contribution in [3.8, 4) is 0 Å². The maximum absolute atomic E-state index is 11.4. The standard InChI is InChI=1S/C10H22N2OS/c1-4-9(8-14-3)12-10(13)6-7-11-5-2/h9,11H,4-8H2,1-3H3,(H,12,13). The Hall–Kier alpha value is -0.220. The first-order valence-corrected chi connectivity index (χ1v) is 6.62. The lowest BCUT2D eigenvalue weighted by Crippen LogP contribution is -2.37. The first-order valence-electron chi connectivity index (χ1n) is 5.23. The highest BCUT2D eigenvalue weighted by molar-refractivity contribution is 7.98. The largest absolute Gasteiger partial charge is 0.353 e. The van der Waals surface area contributed by atoms with Crippen molar-refractivity contribution in [3.05, 3.63) is 0 Å². The molecule has 0 saturated heterocycles. The third-order valence-electron chi connectivity index (χ3n) is 2.00. The van der Waals surface area contributed by atoms with Gasteiger partial charge in [0.25, 0.3) is 0 Å². The van der Waals surface area contributed by atoms with Gasteiger partial charge in [-0.3, -0.25) is 4.79 Å². The van der Waals surface area contributed by atoms with Gasteiger partial charge in [0, 0.05) is 24.8 Å². The minimum absolute atomic E-state index is 0.159. The number of carbonyl (C=O) groups is 1. The molecule has 0 heterocycles. The van der Waals surface area contributed by atoms with Gasteiger partial charge in [0.05, 0.1) is 0 Å². The molecule has 0 radical (unpaired) electrons. The molecule has 1 atom stereocenters. The lowest BCUT2D eigenvalue weighted by atomic mass is 10.2. The summed E-state index contributed by atoms with van der Waals surface area (Å²) in [7, 11) is 0. The Morgan fingerprint density at radius 2 is 2.14 bits per heavy atom. The van der Waals surface area contributed by atoms with Crippen LogP contribution in [0, 0.1) is 0 Å². The Kier molecular flexibility index (Phi) is 9.19. The molecule has 4 heteroatoms. The van der Waals surface area contributed by atoms with E-state index in [1.165, 1.54) is 0 Å². The van der Waals surface area contributed by atoms with Crippen molar-refractivity contribution in [1.29, 1.82) is 0 Å². The van der Waals surface area contributed by atoms with Crippen molar-refractivity contribution in [2.45, 2.75) is 32.7 Å². The number of hydrogen-bond donors (Lipinski definition) is 2. The van der Waals surface area contributed by atoms with Gasteiger partial charge in [-0.15, -0.1) is 0 Å². The van der Waals surface area contributed by atoms with Crippen LogP contribution in [0.1, 0.15) is 26.7 Å². The SMILES string of the molecule is CCNCCC(=O)NC(CC)CSC. The fourth-order valence-corrected chi connectivity index (χ4v) is 1.86. The van der Waals surface area contributed by atoms with Crippen LogP contribution >= 0.6 is 11.8 Å². The van der Waals surface area contributed by atoms with E-state index in [-0.39, 0.29) is 5.91 Å². The molecule has 1 unspecified atom stereocenters. The molecule has 1 amide bonds. The van der Waals surface area contributed by atoms with Crippen LogP contribution in [0.5, 0.6) is 0 Å². The topological polar surface area (TPSA) is 41.1 Å².